The molecular formula is C10H20N2. The van der Waals surface area contributed by atoms with Crippen molar-refractivity contribution in [3.63, 3.8) is 0 Å². The number of rotatable bonds is 4. The molecule has 2 aliphatic rings. The molecule has 70 valence electrons. The van der Waals surface area contributed by atoms with Gasteiger partial charge in [-0.1, -0.05) is 0 Å². The summed E-state index contributed by atoms with van der Waals surface area (Å²) in [6.07, 6.45) is 6.89. The average molecular weight is 168 g/mol. The fourth-order valence-electron chi connectivity index (χ4n) is 2.00. The van der Waals surface area contributed by atoms with E-state index in [-0.39, 0.29) is 0 Å². The summed E-state index contributed by atoms with van der Waals surface area (Å²) >= 11 is 0. The highest BCUT2D eigenvalue weighted by Crippen LogP contribution is 2.19. The molecule has 0 bridgehead atoms. The van der Waals surface area contributed by atoms with Crippen LogP contribution in [0.4, 0.5) is 0 Å². The predicted octanol–water partition coefficient (Wildman–Crippen LogP) is 1.27. The number of hydrogen-bond acceptors (Lipinski definition) is 2. The zero-order valence-corrected chi connectivity index (χ0v) is 7.97. The fraction of sp³-hybridized carbons (Fsp3) is 1.00. The van der Waals surface area contributed by atoms with Gasteiger partial charge in [-0.2, -0.15) is 0 Å². The molecule has 1 saturated carbocycles. The molecule has 0 spiro atoms. The Morgan fingerprint density at radius 3 is 2.67 bits per heavy atom. The second-order valence-electron chi connectivity index (χ2n) is 4.36. The van der Waals surface area contributed by atoms with E-state index in [0.717, 1.165) is 18.1 Å². The van der Waals surface area contributed by atoms with Gasteiger partial charge in [-0.05, 0) is 45.6 Å². The molecule has 0 amide bonds. The molecule has 0 aromatic rings. The first-order valence-electron chi connectivity index (χ1n) is 5.34. The van der Waals surface area contributed by atoms with Gasteiger partial charge in [0.25, 0.3) is 0 Å². The van der Waals surface area contributed by atoms with Gasteiger partial charge in [0.05, 0.1) is 0 Å². The van der Waals surface area contributed by atoms with Crippen molar-refractivity contribution in [1.29, 1.82) is 0 Å². The van der Waals surface area contributed by atoms with Gasteiger partial charge < -0.3 is 10.6 Å². The molecule has 2 unspecified atom stereocenters. The topological polar surface area (TPSA) is 24.1 Å². The molecule has 1 saturated heterocycles. The van der Waals surface area contributed by atoms with Crippen molar-refractivity contribution in [2.75, 3.05) is 6.54 Å². The normalized spacial score (nSPS) is 35.8. The zero-order chi connectivity index (χ0) is 8.39. The third kappa shape index (κ3) is 2.46. The Morgan fingerprint density at radius 2 is 2.08 bits per heavy atom. The molecule has 2 heteroatoms. The van der Waals surface area contributed by atoms with Crippen LogP contribution in [0.15, 0.2) is 0 Å². The largest absolute Gasteiger partial charge is 0.314 e. The summed E-state index contributed by atoms with van der Waals surface area (Å²) in [5.41, 5.74) is 0. The van der Waals surface area contributed by atoms with E-state index in [0.29, 0.717) is 0 Å². The van der Waals surface area contributed by atoms with Crippen molar-refractivity contribution in [3.8, 4) is 0 Å². The third-order valence-electron chi connectivity index (χ3n) is 2.97. The summed E-state index contributed by atoms with van der Waals surface area (Å²) in [7, 11) is 0. The number of nitrogens with one attached hydrogen (secondary N) is 2. The van der Waals surface area contributed by atoms with Crippen molar-refractivity contribution in [1.82, 2.24) is 10.6 Å². The molecule has 2 nitrogen and oxygen atoms in total. The van der Waals surface area contributed by atoms with Crippen LogP contribution in [0.25, 0.3) is 0 Å². The van der Waals surface area contributed by atoms with E-state index in [4.69, 9.17) is 0 Å². The van der Waals surface area contributed by atoms with Crippen LogP contribution < -0.4 is 10.6 Å². The highest BCUT2D eigenvalue weighted by Gasteiger charge is 2.22. The lowest BCUT2D eigenvalue weighted by atomic mass is 10.1. The monoisotopic (exact) mass is 168 g/mol. The molecule has 0 aromatic carbocycles. The van der Waals surface area contributed by atoms with Crippen LogP contribution in [0.5, 0.6) is 0 Å². The van der Waals surface area contributed by atoms with Gasteiger partial charge in [-0.15, -0.1) is 0 Å². The molecule has 2 atom stereocenters. The first kappa shape index (κ1) is 8.52. The van der Waals surface area contributed by atoms with Crippen LogP contribution in [0.1, 0.15) is 39.0 Å². The molecule has 0 radical (unpaired) electrons. The average Bonchev–Trinajstić information content (AvgIpc) is 2.76. The van der Waals surface area contributed by atoms with Crippen molar-refractivity contribution in [2.24, 2.45) is 0 Å². The van der Waals surface area contributed by atoms with Crippen molar-refractivity contribution in [3.05, 3.63) is 0 Å². The van der Waals surface area contributed by atoms with Crippen LogP contribution >= 0.6 is 0 Å². The molecule has 2 rings (SSSR count). The van der Waals surface area contributed by atoms with E-state index in [9.17, 15) is 0 Å². The van der Waals surface area contributed by atoms with Crippen molar-refractivity contribution in [2.45, 2.75) is 57.2 Å². The van der Waals surface area contributed by atoms with E-state index in [1.165, 1.54) is 38.6 Å². The zero-order valence-electron chi connectivity index (χ0n) is 7.97. The van der Waals surface area contributed by atoms with Crippen LogP contribution in [-0.4, -0.2) is 24.7 Å². The fourth-order valence-corrected chi connectivity index (χ4v) is 2.00. The van der Waals surface area contributed by atoms with E-state index in [2.05, 4.69) is 17.6 Å². The second kappa shape index (κ2) is 3.75. The number of hydrogen-bond donors (Lipinski definition) is 2. The molecule has 2 N–H and O–H groups in total. The molecular weight excluding hydrogens is 148 g/mol. The maximum atomic E-state index is 3.61. The van der Waals surface area contributed by atoms with E-state index >= 15 is 0 Å². The SMILES string of the molecule is CC1CCC(CCNC2CC2)N1. The predicted molar refractivity (Wildman–Crippen MR) is 51.3 cm³/mol. The van der Waals surface area contributed by atoms with Crippen LogP contribution in [-0.2, 0) is 0 Å². The first-order valence-corrected chi connectivity index (χ1v) is 5.34. The molecule has 1 aliphatic heterocycles. The molecule has 2 fully saturated rings. The standard InChI is InChI=1S/C10H20N2/c1-8-2-3-10(12-8)6-7-11-9-4-5-9/h8-12H,2-7H2,1H3. The first-order chi connectivity index (χ1) is 5.84. The minimum absolute atomic E-state index is 0.760. The Balaban J connectivity index is 1.54. The highest BCUT2D eigenvalue weighted by molar-refractivity contribution is 4.84. The summed E-state index contributed by atoms with van der Waals surface area (Å²) < 4.78 is 0. The van der Waals surface area contributed by atoms with Crippen LogP contribution in [0.2, 0.25) is 0 Å². The lowest BCUT2D eigenvalue weighted by Crippen LogP contribution is -2.31. The van der Waals surface area contributed by atoms with Gasteiger partial charge >= 0.3 is 0 Å². The van der Waals surface area contributed by atoms with Gasteiger partial charge in [-0.3, -0.25) is 0 Å². The van der Waals surface area contributed by atoms with Gasteiger partial charge in [0, 0.05) is 18.1 Å². The lowest BCUT2D eigenvalue weighted by molar-refractivity contribution is 0.502. The summed E-state index contributed by atoms with van der Waals surface area (Å²) in [5.74, 6) is 0. The summed E-state index contributed by atoms with van der Waals surface area (Å²) in [4.78, 5) is 0. The minimum atomic E-state index is 0.760. The molecule has 12 heavy (non-hydrogen) atoms. The Labute approximate surface area is 75.1 Å². The smallest absolute Gasteiger partial charge is 0.00821 e. The van der Waals surface area contributed by atoms with Gasteiger partial charge in [0.1, 0.15) is 0 Å². The van der Waals surface area contributed by atoms with Crippen LogP contribution in [0, 0.1) is 0 Å². The molecule has 1 heterocycles. The maximum Gasteiger partial charge on any atom is 0.00821 e. The molecule has 0 aromatic heterocycles. The highest BCUT2D eigenvalue weighted by atomic mass is 15.0. The Bertz CT molecular complexity index is 143. The van der Waals surface area contributed by atoms with E-state index in [1.807, 2.05) is 0 Å². The summed E-state index contributed by atoms with van der Waals surface area (Å²) in [6.45, 7) is 3.50. The van der Waals surface area contributed by atoms with Gasteiger partial charge in [-0.25, -0.2) is 0 Å². The Kier molecular flexibility index (Phi) is 2.66. The maximum absolute atomic E-state index is 3.61. The van der Waals surface area contributed by atoms with Crippen LogP contribution in [0.3, 0.4) is 0 Å². The molecule has 1 aliphatic carbocycles. The van der Waals surface area contributed by atoms with Crippen molar-refractivity contribution >= 4 is 0 Å². The Hall–Kier alpha value is -0.0800. The van der Waals surface area contributed by atoms with E-state index < -0.39 is 0 Å². The Morgan fingerprint density at radius 1 is 1.25 bits per heavy atom. The summed E-state index contributed by atoms with van der Waals surface area (Å²) in [6, 6.07) is 2.44. The van der Waals surface area contributed by atoms with E-state index in [1.54, 1.807) is 0 Å². The summed E-state index contributed by atoms with van der Waals surface area (Å²) in [5, 5.41) is 7.17. The van der Waals surface area contributed by atoms with Gasteiger partial charge in [0.15, 0.2) is 0 Å². The quantitative estimate of drug-likeness (QED) is 0.660. The second-order valence-corrected chi connectivity index (χ2v) is 4.36. The lowest BCUT2D eigenvalue weighted by Gasteiger charge is -2.11. The van der Waals surface area contributed by atoms with Crippen molar-refractivity contribution < 1.29 is 0 Å². The van der Waals surface area contributed by atoms with Gasteiger partial charge in [0.2, 0.25) is 0 Å². The minimum Gasteiger partial charge on any atom is -0.314 e. The third-order valence-corrected chi connectivity index (χ3v) is 2.97.